The topological polar surface area (TPSA) is 109 Å². The molecule has 1 aliphatic carbocycles. The van der Waals surface area contributed by atoms with Crippen LogP contribution >= 0.6 is 23.2 Å². The Morgan fingerprint density at radius 2 is 1.21 bits per heavy atom. The van der Waals surface area contributed by atoms with E-state index in [1.54, 1.807) is 24.3 Å². The molecule has 4 aromatic rings. The lowest BCUT2D eigenvalue weighted by Crippen LogP contribution is -2.26. The van der Waals surface area contributed by atoms with Crippen LogP contribution in [0.1, 0.15) is 55.3 Å². The number of fused-ring (bicyclic) bond motifs is 3. The van der Waals surface area contributed by atoms with Crippen LogP contribution < -0.4 is 14.8 Å². The van der Waals surface area contributed by atoms with Crippen LogP contribution in [0.15, 0.2) is 78.9 Å². The summed E-state index contributed by atoms with van der Waals surface area (Å²) in [6.07, 6.45) is 1.59. The molecule has 0 saturated heterocycles. The molecule has 48 heavy (non-hydrogen) atoms. The molecular weight excluding hydrogens is 657 g/mol. The molecule has 0 aliphatic heterocycles. The fourth-order valence-electron chi connectivity index (χ4n) is 5.88. The first-order valence-electron chi connectivity index (χ1n) is 14.9. The lowest BCUT2D eigenvalue weighted by Gasteiger charge is -2.17. The van der Waals surface area contributed by atoms with Crippen molar-refractivity contribution in [2.24, 2.45) is 0 Å². The van der Waals surface area contributed by atoms with Crippen molar-refractivity contribution in [3.63, 3.8) is 0 Å². The molecule has 0 unspecified atom stereocenters. The lowest BCUT2D eigenvalue weighted by atomic mass is 9.93. The van der Waals surface area contributed by atoms with Crippen molar-refractivity contribution in [3.8, 4) is 22.6 Å². The number of esters is 2. The van der Waals surface area contributed by atoms with Crippen molar-refractivity contribution in [1.29, 1.82) is 0 Å². The number of benzene rings is 4. The van der Waals surface area contributed by atoms with Gasteiger partial charge in [-0.1, -0.05) is 77.8 Å². The maximum Gasteiger partial charge on any atom is 0.407 e. The van der Waals surface area contributed by atoms with E-state index in [2.05, 4.69) is 29.6 Å². The first-order valence-corrected chi connectivity index (χ1v) is 15.7. The second kappa shape index (κ2) is 15.3. The number of hydrogen-bond donors (Lipinski definition) is 1. The predicted octanol–water partition coefficient (Wildman–Crippen LogP) is 7.94. The number of nitrogens with one attached hydrogen (secondary N) is 1. The van der Waals surface area contributed by atoms with Gasteiger partial charge in [-0.25, -0.2) is 14.4 Å². The molecule has 0 atom stereocenters. The number of hydrogen-bond acceptors (Lipinski definition) is 8. The van der Waals surface area contributed by atoms with Gasteiger partial charge in [0, 0.05) is 12.5 Å². The SMILES string of the molecule is COC(=O)c1cc(C(=CCCNC(=O)OCC2c3ccccc3-c3ccccc32)c2cc(Cl)c(OC)c(C(=O)OC)c2)cc(Cl)c1OC. The highest BCUT2D eigenvalue weighted by Crippen LogP contribution is 2.44. The fraction of sp³-hybridized carbons (Fsp3) is 0.216. The molecule has 1 N–H and O–H groups in total. The summed E-state index contributed by atoms with van der Waals surface area (Å²) >= 11 is 13.1. The number of alkyl carbamates (subject to hydrolysis) is 1. The van der Waals surface area contributed by atoms with E-state index < -0.39 is 18.0 Å². The first-order chi connectivity index (χ1) is 23.2. The molecule has 1 amide bonds. The Kier molecular flexibility index (Phi) is 10.9. The highest BCUT2D eigenvalue weighted by Gasteiger charge is 2.29. The summed E-state index contributed by atoms with van der Waals surface area (Å²) in [7, 11) is 5.29. The van der Waals surface area contributed by atoms with Crippen LogP contribution in [0.25, 0.3) is 16.7 Å². The zero-order valence-corrected chi connectivity index (χ0v) is 28.2. The van der Waals surface area contributed by atoms with Crippen molar-refractivity contribution < 1.29 is 38.1 Å². The van der Waals surface area contributed by atoms with Gasteiger partial charge >= 0.3 is 18.0 Å². The maximum absolute atomic E-state index is 12.8. The van der Waals surface area contributed by atoms with Crippen LogP contribution in [-0.4, -0.2) is 59.6 Å². The van der Waals surface area contributed by atoms with Crippen LogP contribution in [-0.2, 0) is 14.2 Å². The zero-order valence-electron chi connectivity index (χ0n) is 26.7. The number of carbonyl (C=O) groups is 3. The third-order valence-electron chi connectivity index (χ3n) is 8.03. The maximum atomic E-state index is 12.8. The van der Waals surface area contributed by atoms with E-state index in [1.165, 1.54) is 28.4 Å². The average molecular weight is 691 g/mol. The van der Waals surface area contributed by atoms with E-state index in [0.717, 1.165) is 22.3 Å². The third-order valence-corrected chi connectivity index (χ3v) is 8.60. The molecular formula is C37H33Cl2NO8. The van der Waals surface area contributed by atoms with E-state index in [-0.39, 0.29) is 51.7 Å². The molecule has 11 heteroatoms. The molecule has 0 aromatic heterocycles. The fourth-order valence-corrected chi connectivity index (χ4v) is 6.47. The standard InChI is InChI=1S/C37H33Cl2NO8/c1-44-33-28(35(41)46-3)16-21(18-31(33)38)23(22-17-29(36(42)47-4)34(45-2)32(39)19-22)14-9-15-40-37(43)48-20-30-26-12-7-5-10-24(26)25-11-6-8-13-27(25)30/h5-8,10-14,16-19,30H,9,15,20H2,1-4H3,(H,40,43). The molecule has 1 aliphatic rings. The van der Waals surface area contributed by atoms with Gasteiger partial charge in [-0.2, -0.15) is 0 Å². The van der Waals surface area contributed by atoms with Crippen molar-refractivity contribution in [3.05, 3.63) is 122 Å². The van der Waals surface area contributed by atoms with Crippen molar-refractivity contribution >= 4 is 46.8 Å². The van der Waals surface area contributed by atoms with E-state index in [0.29, 0.717) is 23.1 Å². The summed E-state index contributed by atoms with van der Waals surface area (Å²) in [6.45, 7) is 0.393. The minimum Gasteiger partial charge on any atom is -0.494 e. The molecule has 0 saturated carbocycles. The monoisotopic (exact) mass is 689 g/mol. The van der Waals surface area contributed by atoms with Gasteiger partial charge in [0.2, 0.25) is 0 Å². The van der Waals surface area contributed by atoms with Gasteiger partial charge in [0.15, 0.2) is 11.5 Å². The Hall–Kier alpha value is -4.99. The first kappa shape index (κ1) is 34.3. The van der Waals surface area contributed by atoms with Crippen LogP contribution in [0.2, 0.25) is 10.0 Å². The molecule has 0 heterocycles. The average Bonchev–Trinajstić information content (AvgIpc) is 3.42. The summed E-state index contributed by atoms with van der Waals surface area (Å²) in [5.74, 6) is -1.09. The Balaban J connectivity index is 1.39. The third kappa shape index (κ3) is 6.98. The highest BCUT2D eigenvalue weighted by atomic mass is 35.5. The summed E-state index contributed by atoms with van der Waals surface area (Å²) in [5.41, 5.74) is 6.26. The van der Waals surface area contributed by atoms with Crippen molar-refractivity contribution in [2.45, 2.75) is 12.3 Å². The number of methoxy groups -OCH3 is 4. The van der Waals surface area contributed by atoms with Crippen LogP contribution in [0, 0.1) is 0 Å². The second-order valence-electron chi connectivity index (χ2n) is 10.7. The zero-order chi connectivity index (χ0) is 34.4. The summed E-state index contributed by atoms with van der Waals surface area (Å²) in [5, 5.41) is 3.12. The second-order valence-corrected chi connectivity index (χ2v) is 11.5. The van der Waals surface area contributed by atoms with Gasteiger partial charge in [-0.15, -0.1) is 0 Å². The summed E-state index contributed by atoms with van der Waals surface area (Å²) in [4.78, 5) is 38.2. The minimum atomic E-state index is -0.658. The van der Waals surface area contributed by atoms with Gasteiger partial charge < -0.3 is 29.0 Å². The van der Waals surface area contributed by atoms with Crippen LogP contribution in [0.3, 0.4) is 0 Å². The van der Waals surface area contributed by atoms with Gasteiger partial charge in [0.25, 0.3) is 0 Å². The van der Waals surface area contributed by atoms with Crippen molar-refractivity contribution in [1.82, 2.24) is 5.32 Å². The molecule has 4 aromatic carbocycles. The normalized spacial score (nSPS) is 11.5. The number of rotatable bonds is 11. The van der Waals surface area contributed by atoms with E-state index >= 15 is 0 Å². The van der Waals surface area contributed by atoms with Crippen molar-refractivity contribution in [2.75, 3.05) is 41.6 Å². The molecule has 0 radical (unpaired) electrons. The Morgan fingerprint density at radius 3 is 1.67 bits per heavy atom. The number of carbonyl (C=O) groups excluding carboxylic acids is 3. The number of ether oxygens (including phenoxy) is 5. The van der Waals surface area contributed by atoms with Gasteiger partial charge in [0.05, 0.1) is 38.5 Å². The lowest BCUT2D eigenvalue weighted by molar-refractivity contribution is 0.0588. The van der Waals surface area contributed by atoms with Gasteiger partial charge in [-0.3, -0.25) is 0 Å². The summed E-state index contributed by atoms with van der Waals surface area (Å²) in [6, 6.07) is 22.6. The van der Waals surface area contributed by atoms with Gasteiger partial charge in [-0.05, 0) is 69.6 Å². The molecule has 5 rings (SSSR count). The Morgan fingerprint density at radius 1 is 0.729 bits per heavy atom. The van der Waals surface area contributed by atoms with E-state index in [1.807, 2.05) is 30.3 Å². The predicted molar refractivity (Wildman–Crippen MR) is 183 cm³/mol. The van der Waals surface area contributed by atoms with E-state index in [9.17, 15) is 14.4 Å². The largest absolute Gasteiger partial charge is 0.494 e. The smallest absolute Gasteiger partial charge is 0.407 e. The van der Waals surface area contributed by atoms with Gasteiger partial charge in [0.1, 0.15) is 17.7 Å². The molecule has 0 bridgehead atoms. The molecule has 248 valence electrons. The van der Waals surface area contributed by atoms with E-state index in [4.69, 9.17) is 46.9 Å². The highest BCUT2D eigenvalue weighted by molar-refractivity contribution is 6.33. The molecule has 0 fully saturated rings. The molecule has 9 nitrogen and oxygen atoms in total. The summed E-state index contributed by atoms with van der Waals surface area (Å²) < 4.78 is 26.3. The van der Waals surface area contributed by atoms with Crippen LogP contribution in [0.5, 0.6) is 11.5 Å². The minimum absolute atomic E-state index is 0.0673. The van der Waals surface area contributed by atoms with Crippen LogP contribution in [0.4, 0.5) is 4.79 Å². The Bertz CT molecular complexity index is 1780. The Labute approximate surface area is 288 Å². The quantitative estimate of drug-likeness (QED) is 0.0960. The number of halogens is 2. The molecule has 0 spiro atoms. The number of amides is 1.